The van der Waals surface area contributed by atoms with Crippen molar-refractivity contribution in [1.29, 1.82) is 0 Å². The molecule has 0 aliphatic carbocycles. The van der Waals surface area contributed by atoms with Gasteiger partial charge in [0.25, 0.3) is 10.2 Å². The smallest absolute Gasteiger partial charge is 0.279 e. The van der Waals surface area contributed by atoms with E-state index in [0.29, 0.717) is 13.0 Å². The second-order valence-electron chi connectivity index (χ2n) is 4.58. The van der Waals surface area contributed by atoms with Crippen LogP contribution in [0.2, 0.25) is 0 Å². The maximum Gasteiger partial charge on any atom is 0.279 e. The van der Waals surface area contributed by atoms with E-state index in [1.54, 1.807) is 13.2 Å². The number of nitrogens with one attached hydrogen (secondary N) is 1. The zero-order valence-electron chi connectivity index (χ0n) is 12.6. The molecule has 114 valence electrons. The summed E-state index contributed by atoms with van der Waals surface area (Å²) >= 11 is 0. The molecule has 1 N–H and O–H groups in total. The summed E-state index contributed by atoms with van der Waals surface area (Å²) in [6.07, 6.45) is 4.96. The van der Waals surface area contributed by atoms with E-state index < -0.39 is 10.2 Å². The van der Waals surface area contributed by atoms with Gasteiger partial charge in [-0.15, -0.1) is 6.58 Å². The number of ether oxygens (including phenoxy) is 1. The first kappa shape index (κ1) is 18.6. The fourth-order valence-corrected chi connectivity index (χ4v) is 3.16. The molecular formula is C13H28N2O3S. The van der Waals surface area contributed by atoms with Crippen molar-refractivity contribution in [2.75, 3.05) is 20.7 Å². The molecule has 0 aromatic carbocycles. The quantitative estimate of drug-likeness (QED) is 0.592. The molecule has 0 saturated carbocycles. The lowest BCUT2D eigenvalue weighted by Gasteiger charge is -2.30. The second-order valence-corrected chi connectivity index (χ2v) is 6.41. The standard InChI is InChI=1S/C13H28N2O3S/c1-6-8-11-15(19(16,17)14-4)13(7-2)10-9-12(3)18-5/h6,12-14H,1,7-11H2,2-5H3. The van der Waals surface area contributed by atoms with Crippen LogP contribution < -0.4 is 4.72 Å². The zero-order valence-corrected chi connectivity index (χ0v) is 13.4. The van der Waals surface area contributed by atoms with E-state index in [1.807, 2.05) is 13.8 Å². The summed E-state index contributed by atoms with van der Waals surface area (Å²) in [4.78, 5) is 0. The van der Waals surface area contributed by atoms with E-state index in [9.17, 15) is 8.42 Å². The van der Waals surface area contributed by atoms with Crippen LogP contribution in [0.4, 0.5) is 0 Å². The number of hydrogen-bond donors (Lipinski definition) is 1. The SMILES string of the molecule is C=CCCN(C(CC)CCC(C)OC)S(=O)(=O)NC. The number of rotatable bonds is 11. The third kappa shape index (κ3) is 6.51. The van der Waals surface area contributed by atoms with E-state index in [0.717, 1.165) is 19.3 Å². The third-order valence-electron chi connectivity index (χ3n) is 3.31. The first-order valence-corrected chi connectivity index (χ1v) is 8.20. The number of methoxy groups -OCH3 is 1. The average Bonchev–Trinajstić information content (AvgIpc) is 2.41. The fourth-order valence-electron chi connectivity index (χ4n) is 1.93. The minimum Gasteiger partial charge on any atom is -0.382 e. The molecule has 0 aliphatic rings. The van der Waals surface area contributed by atoms with Crippen molar-refractivity contribution < 1.29 is 13.2 Å². The summed E-state index contributed by atoms with van der Waals surface area (Å²) in [5.74, 6) is 0. The summed E-state index contributed by atoms with van der Waals surface area (Å²) in [7, 11) is -0.286. The lowest BCUT2D eigenvalue weighted by molar-refractivity contribution is 0.102. The molecule has 6 heteroatoms. The van der Waals surface area contributed by atoms with Crippen LogP contribution >= 0.6 is 0 Å². The Bertz CT molecular complexity index is 344. The molecule has 0 amide bonds. The van der Waals surface area contributed by atoms with Crippen molar-refractivity contribution >= 4 is 10.2 Å². The van der Waals surface area contributed by atoms with E-state index in [-0.39, 0.29) is 12.1 Å². The molecule has 0 fully saturated rings. The molecule has 0 aliphatic heterocycles. The van der Waals surface area contributed by atoms with Gasteiger partial charge in [-0.25, -0.2) is 4.72 Å². The first-order chi connectivity index (χ1) is 8.92. The zero-order chi connectivity index (χ0) is 14.9. The Morgan fingerprint density at radius 3 is 2.47 bits per heavy atom. The van der Waals surface area contributed by atoms with E-state index in [2.05, 4.69) is 11.3 Å². The van der Waals surface area contributed by atoms with Gasteiger partial charge in [0.1, 0.15) is 0 Å². The molecular weight excluding hydrogens is 264 g/mol. The van der Waals surface area contributed by atoms with Gasteiger partial charge in [-0.2, -0.15) is 12.7 Å². The van der Waals surface area contributed by atoms with Crippen molar-refractivity contribution in [3.63, 3.8) is 0 Å². The summed E-state index contributed by atoms with van der Waals surface area (Å²) in [5, 5.41) is 0. The molecule has 0 heterocycles. The second kappa shape index (κ2) is 9.47. The highest BCUT2D eigenvalue weighted by Gasteiger charge is 2.27. The normalized spacial score (nSPS) is 15.4. The minimum atomic E-state index is -3.40. The molecule has 0 aromatic rings. The largest absolute Gasteiger partial charge is 0.382 e. The molecule has 0 radical (unpaired) electrons. The number of nitrogens with zero attached hydrogens (tertiary/aromatic N) is 1. The van der Waals surface area contributed by atoms with Gasteiger partial charge < -0.3 is 4.74 Å². The first-order valence-electron chi connectivity index (χ1n) is 6.76. The van der Waals surface area contributed by atoms with Gasteiger partial charge in [0.15, 0.2) is 0 Å². The van der Waals surface area contributed by atoms with Gasteiger partial charge in [-0.05, 0) is 32.6 Å². The molecule has 0 aromatic heterocycles. The van der Waals surface area contributed by atoms with Crippen molar-refractivity contribution in [2.45, 2.75) is 51.7 Å². The minimum absolute atomic E-state index is 0.00463. The molecule has 5 nitrogen and oxygen atoms in total. The Morgan fingerprint density at radius 1 is 1.42 bits per heavy atom. The van der Waals surface area contributed by atoms with E-state index in [1.165, 1.54) is 11.4 Å². The maximum absolute atomic E-state index is 12.1. The van der Waals surface area contributed by atoms with Crippen molar-refractivity contribution in [3.8, 4) is 0 Å². The maximum atomic E-state index is 12.1. The predicted molar refractivity (Wildman–Crippen MR) is 79.3 cm³/mol. The Hall–Kier alpha value is -0.430. The third-order valence-corrected chi connectivity index (χ3v) is 4.92. The van der Waals surface area contributed by atoms with Crippen molar-refractivity contribution in [3.05, 3.63) is 12.7 Å². The monoisotopic (exact) mass is 292 g/mol. The summed E-state index contributed by atoms with van der Waals surface area (Å²) in [6.45, 7) is 8.12. The highest BCUT2D eigenvalue weighted by molar-refractivity contribution is 7.87. The Morgan fingerprint density at radius 2 is 2.05 bits per heavy atom. The Balaban J connectivity index is 4.82. The van der Waals surface area contributed by atoms with Crippen LogP contribution in [-0.4, -0.2) is 45.6 Å². The molecule has 0 saturated heterocycles. The Labute approximate surface area is 118 Å². The van der Waals surface area contributed by atoms with Crippen LogP contribution in [0.3, 0.4) is 0 Å². The van der Waals surface area contributed by atoms with Crippen LogP contribution in [0.25, 0.3) is 0 Å². The van der Waals surface area contributed by atoms with Crippen LogP contribution in [-0.2, 0) is 14.9 Å². The van der Waals surface area contributed by atoms with Gasteiger partial charge in [-0.1, -0.05) is 13.0 Å². The highest BCUT2D eigenvalue weighted by atomic mass is 32.2. The van der Waals surface area contributed by atoms with Gasteiger partial charge in [0.05, 0.1) is 6.10 Å². The molecule has 0 bridgehead atoms. The van der Waals surface area contributed by atoms with Crippen molar-refractivity contribution in [2.24, 2.45) is 0 Å². The summed E-state index contributed by atoms with van der Waals surface area (Å²) in [5.41, 5.74) is 0. The average molecular weight is 292 g/mol. The van der Waals surface area contributed by atoms with Crippen LogP contribution in [0.1, 0.15) is 39.5 Å². The topological polar surface area (TPSA) is 58.6 Å². The lowest BCUT2D eigenvalue weighted by Crippen LogP contribution is -2.46. The van der Waals surface area contributed by atoms with Gasteiger partial charge >= 0.3 is 0 Å². The Kier molecular flexibility index (Phi) is 9.26. The highest BCUT2D eigenvalue weighted by Crippen LogP contribution is 2.17. The summed E-state index contributed by atoms with van der Waals surface area (Å²) < 4.78 is 33.3. The molecule has 19 heavy (non-hydrogen) atoms. The molecule has 2 unspecified atom stereocenters. The molecule has 2 atom stereocenters. The van der Waals surface area contributed by atoms with E-state index in [4.69, 9.17) is 4.74 Å². The van der Waals surface area contributed by atoms with Gasteiger partial charge in [0.2, 0.25) is 0 Å². The lowest BCUT2D eigenvalue weighted by atomic mass is 10.1. The van der Waals surface area contributed by atoms with Crippen LogP contribution in [0, 0.1) is 0 Å². The van der Waals surface area contributed by atoms with Crippen LogP contribution in [0.5, 0.6) is 0 Å². The van der Waals surface area contributed by atoms with Gasteiger partial charge in [-0.3, -0.25) is 0 Å². The number of hydrogen-bond acceptors (Lipinski definition) is 3. The fraction of sp³-hybridized carbons (Fsp3) is 0.846. The van der Waals surface area contributed by atoms with Crippen molar-refractivity contribution in [1.82, 2.24) is 9.03 Å². The van der Waals surface area contributed by atoms with E-state index >= 15 is 0 Å². The van der Waals surface area contributed by atoms with Crippen LogP contribution in [0.15, 0.2) is 12.7 Å². The van der Waals surface area contributed by atoms with Gasteiger partial charge in [0, 0.05) is 26.7 Å². The molecule has 0 spiro atoms. The summed E-state index contributed by atoms with van der Waals surface area (Å²) in [6, 6.07) is -0.00463. The molecule has 0 rings (SSSR count). The predicted octanol–water partition coefficient (Wildman–Crippen LogP) is 1.92.